The molecular formula is C20H21F3N6O4S. The first-order valence-electron chi connectivity index (χ1n) is 10.1. The van der Waals surface area contributed by atoms with E-state index in [9.17, 15) is 18.0 Å². The molecule has 14 heteroatoms. The van der Waals surface area contributed by atoms with Gasteiger partial charge in [-0.2, -0.15) is 18.2 Å². The number of fused-ring (bicyclic) bond motifs is 1. The molecule has 3 heterocycles. The summed E-state index contributed by atoms with van der Waals surface area (Å²) >= 11 is 1.15. The highest BCUT2D eigenvalue weighted by atomic mass is 32.1. The number of benzene rings is 1. The van der Waals surface area contributed by atoms with Gasteiger partial charge in [0.1, 0.15) is 12.1 Å². The molecule has 1 saturated heterocycles. The Labute approximate surface area is 196 Å². The number of piperazine rings is 1. The highest BCUT2D eigenvalue weighted by Gasteiger charge is 2.34. The fourth-order valence-electron chi connectivity index (χ4n) is 3.48. The number of nitrogens with zero attached hydrogens (tertiary/aromatic N) is 5. The largest absolute Gasteiger partial charge is 0.496 e. The Bertz CT molecular complexity index is 1170. The van der Waals surface area contributed by atoms with Crippen LogP contribution in [0.25, 0.3) is 10.3 Å². The van der Waals surface area contributed by atoms with E-state index < -0.39 is 17.8 Å². The van der Waals surface area contributed by atoms with Crippen LogP contribution in [0.3, 0.4) is 0 Å². The summed E-state index contributed by atoms with van der Waals surface area (Å²) in [5.74, 6) is 0.0945. The van der Waals surface area contributed by atoms with Gasteiger partial charge in [0, 0.05) is 32.7 Å². The molecule has 1 amide bonds. The Balaban J connectivity index is 1.29. The van der Waals surface area contributed by atoms with Crippen molar-refractivity contribution in [1.29, 1.82) is 0 Å². The lowest BCUT2D eigenvalue weighted by Gasteiger charge is -2.33. The van der Waals surface area contributed by atoms with Crippen molar-refractivity contribution in [3.63, 3.8) is 0 Å². The van der Waals surface area contributed by atoms with Gasteiger partial charge in [-0.25, -0.2) is 14.8 Å². The van der Waals surface area contributed by atoms with E-state index >= 15 is 0 Å². The van der Waals surface area contributed by atoms with E-state index in [0.717, 1.165) is 17.4 Å². The van der Waals surface area contributed by atoms with Crippen molar-refractivity contribution >= 4 is 32.9 Å². The molecule has 1 aliphatic heterocycles. The van der Waals surface area contributed by atoms with Crippen LogP contribution in [0, 0.1) is 0 Å². The van der Waals surface area contributed by atoms with Crippen molar-refractivity contribution < 1.29 is 32.3 Å². The number of carbonyl (C=O) groups excluding carboxylic acids is 1. The molecule has 1 aliphatic rings. The lowest BCUT2D eigenvalue weighted by Crippen LogP contribution is -2.46. The zero-order valence-corrected chi connectivity index (χ0v) is 19.1. The van der Waals surface area contributed by atoms with Crippen LogP contribution in [-0.4, -0.2) is 71.4 Å². The Morgan fingerprint density at radius 2 is 1.91 bits per heavy atom. The Morgan fingerprint density at radius 3 is 2.59 bits per heavy atom. The number of halogens is 3. The molecule has 10 nitrogen and oxygen atoms in total. The minimum atomic E-state index is -4.50. The van der Waals surface area contributed by atoms with Gasteiger partial charge in [-0.3, -0.25) is 10.2 Å². The number of amides is 1. The number of thiazole rings is 1. The number of anilines is 1. The summed E-state index contributed by atoms with van der Waals surface area (Å²) in [6, 6.07) is 4.04. The van der Waals surface area contributed by atoms with Crippen molar-refractivity contribution in [1.82, 2.24) is 24.9 Å². The van der Waals surface area contributed by atoms with E-state index in [2.05, 4.69) is 20.3 Å². The minimum absolute atomic E-state index is 0.209. The molecule has 4 rings (SSSR count). The summed E-state index contributed by atoms with van der Waals surface area (Å²) in [4.78, 5) is 32.5. The van der Waals surface area contributed by atoms with Gasteiger partial charge >= 0.3 is 12.3 Å². The SMILES string of the molecule is COc1ccc(CN2CCN(OC(=O)Nc3nc4c(OC)ncnc4s3)CC2)cc1C(F)(F)F. The molecule has 1 aromatic carbocycles. The van der Waals surface area contributed by atoms with Crippen LogP contribution in [0.1, 0.15) is 11.1 Å². The maximum absolute atomic E-state index is 13.3. The number of hydrogen-bond acceptors (Lipinski definition) is 10. The standard InChI is InChI=1S/C20H21F3N6O4S/c1-31-14-4-3-12(9-13(14)20(21,22)23)10-28-5-7-29(8-6-28)33-19(30)27-18-26-15-16(32-2)24-11-25-17(15)34-18/h3-4,9,11H,5-8,10H2,1-2H3,(H,26,27,30). The highest BCUT2D eigenvalue weighted by molar-refractivity contribution is 7.22. The molecule has 3 aromatic rings. The summed E-state index contributed by atoms with van der Waals surface area (Å²) in [5.41, 5.74) is 0.158. The average Bonchev–Trinajstić information content (AvgIpc) is 3.22. The van der Waals surface area contributed by atoms with Crippen LogP contribution in [0.15, 0.2) is 24.5 Å². The third-order valence-corrected chi connectivity index (χ3v) is 5.96. The van der Waals surface area contributed by atoms with Gasteiger partial charge in [-0.15, -0.1) is 5.06 Å². The number of rotatable bonds is 6. The van der Waals surface area contributed by atoms with Gasteiger partial charge in [0.15, 0.2) is 15.5 Å². The van der Waals surface area contributed by atoms with Gasteiger partial charge < -0.3 is 14.3 Å². The van der Waals surface area contributed by atoms with E-state index in [0.29, 0.717) is 54.5 Å². The topological polar surface area (TPSA) is 102 Å². The summed E-state index contributed by atoms with van der Waals surface area (Å²) in [6.45, 7) is 2.15. The first-order valence-corrected chi connectivity index (χ1v) is 10.9. The zero-order valence-electron chi connectivity index (χ0n) is 18.3. The first kappa shape index (κ1) is 23.9. The minimum Gasteiger partial charge on any atom is -0.496 e. The smallest absolute Gasteiger partial charge is 0.432 e. The first-order chi connectivity index (χ1) is 16.3. The monoisotopic (exact) mass is 498 g/mol. The van der Waals surface area contributed by atoms with Gasteiger partial charge in [-0.1, -0.05) is 17.4 Å². The molecule has 0 atom stereocenters. The fraction of sp³-hybridized carbons (Fsp3) is 0.400. The Hall–Kier alpha value is -3.23. The van der Waals surface area contributed by atoms with E-state index in [1.165, 1.54) is 31.7 Å². The molecule has 1 N–H and O–H groups in total. The maximum atomic E-state index is 13.3. The summed E-state index contributed by atoms with van der Waals surface area (Å²) < 4.78 is 49.7. The van der Waals surface area contributed by atoms with Crippen molar-refractivity contribution in [2.45, 2.75) is 12.7 Å². The van der Waals surface area contributed by atoms with Crippen LogP contribution in [0.4, 0.5) is 23.1 Å². The molecule has 0 spiro atoms. The van der Waals surface area contributed by atoms with Crippen LogP contribution >= 0.6 is 11.3 Å². The predicted octanol–water partition coefficient (Wildman–Crippen LogP) is 3.40. The molecule has 2 aromatic heterocycles. The quantitative estimate of drug-likeness (QED) is 0.548. The van der Waals surface area contributed by atoms with E-state index in [4.69, 9.17) is 14.3 Å². The summed E-state index contributed by atoms with van der Waals surface area (Å²) in [7, 11) is 2.67. The molecule has 0 aliphatic carbocycles. The number of aromatic nitrogens is 3. The Morgan fingerprint density at radius 1 is 1.15 bits per heavy atom. The van der Waals surface area contributed by atoms with Crippen LogP contribution in [0.5, 0.6) is 11.6 Å². The normalized spacial score (nSPS) is 15.3. The lowest BCUT2D eigenvalue weighted by atomic mass is 10.1. The number of carbonyl (C=O) groups is 1. The number of nitrogens with one attached hydrogen (secondary N) is 1. The summed E-state index contributed by atoms with van der Waals surface area (Å²) in [6.07, 6.45) is -3.86. The second kappa shape index (κ2) is 9.95. The summed E-state index contributed by atoms with van der Waals surface area (Å²) in [5, 5.41) is 4.35. The fourth-order valence-corrected chi connectivity index (χ4v) is 4.26. The predicted molar refractivity (Wildman–Crippen MR) is 117 cm³/mol. The molecular weight excluding hydrogens is 477 g/mol. The molecule has 0 saturated carbocycles. The molecule has 0 radical (unpaired) electrons. The molecule has 34 heavy (non-hydrogen) atoms. The van der Waals surface area contributed by atoms with Gasteiger partial charge in [0.2, 0.25) is 5.88 Å². The number of hydroxylamine groups is 2. The molecule has 0 bridgehead atoms. The highest BCUT2D eigenvalue weighted by Crippen LogP contribution is 2.37. The van der Waals surface area contributed by atoms with Crippen molar-refractivity contribution in [2.24, 2.45) is 0 Å². The van der Waals surface area contributed by atoms with Crippen LogP contribution < -0.4 is 14.8 Å². The van der Waals surface area contributed by atoms with Gasteiger partial charge in [0.05, 0.1) is 19.8 Å². The average molecular weight is 498 g/mol. The van der Waals surface area contributed by atoms with Crippen molar-refractivity contribution in [2.75, 3.05) is 45.7 Å². The number of methoxy groups -OCH3 is 2. The second-order valence-electron chi connectivity index (χ2n) is 7.30. The second-order valence-corrected chi connectivity index (χ2v) is 8.27. The van der Waals surface area contributed by atoms with E-state index in [1.54, 1.807) is 6.07 Å². The zero-order chi connectivity index (χ0) is 24.3. The number of ether oxygens (including phenoxy) is 2. The van der Waals surface area contributed by atoms with Crippen molar-refractivity contribution in [3.8, 4) is 11.6 Å². The molecule has 0 unspecified atom stereocenters. The lowest BCUT2D eigenvalue weighted by molar-refractivity contribution is -0.138. The third kappa shape index (κ3) is 5.46. The number of hydrogen-bond donors (Lipinski definition) is 1. The van der Waals surface area contributed by atoms with E-state index in [-0.39, 0.29) is 10.9 Å². The maximum Gasteiger partial charge on any atom is 0.432 e. The van der Waals surface area contributed by atoms with Crippen molar-refractivity contribution in [3.05, 3.63) is 35.7 Å². The third-order valence-electron chi connectivity index (χ3n) is 5.08. The molecule has 1 fully saturated rings. The molecule has 182 valence electrons. The van der Waals surface area contributed by atoms with E-state index in [1.807, 2.05) is 4.90 Å². The van der Waals surface area contributed by atoms with Crippen LogP contribution in [0.2, 0.25) is 0 Å². The van der Waals surface area contributed by atoms with Gasteiger partial charge in [-0.05, 0) is 17.7 Å². The number of alkyl halides is 3. The van der Waals surface area contributed by atoms with Gasteiger partial charge in [0.25, 0.3) is 0 Å². The van der Waals surface area contributed by atoms with Crippen LogP contribution in [-0.2, 0) is 17.6 Å². The Kier molecular flexibility index (Phi) is 7.00.